The van der Waals surface area contributed by atoms with Crippen LogP contribution in [0.3, 0.4) is 0 Å². The van der Waals surface area contributed by atoms with Crippen LogP contribution >= 0.6 is 0 Å². The average molecular weight is 340 g/mol. The number of carbonyl (C=O) groups is 2. The lowest BCUT2D eigenvalue weighted by molar-refractivity contribution is -0.133. The molecule has 1 aromatic carbocycles. The molecular weight excluding hydrogens is 312 g/mol. The van der Waals surface area contributed by atoms with E-state index in [9.17, 15) is 9.59 Å². The van der Waals surface area contributed by atoms with Gasteiger partial charge in [-0.2, -0.15) is 0 Å². The van der Waals surface area contributed by atoms with Crippen LogP contribution in [0.2, 0.25) is 0 Å². The van der Waals surface area contributed by atoms with Crippen molar-refractivity contribution in [3.63, 3.8) is 0 Å². The molecule has 0 fully saturated rings. The number of nitrogens with one attached hydrogen (secondary N) is 1. The standard InChI is InChI=1S/C21H28N2O2/c1-16(24)23-14-12-18-9-5-6-10-19(18)20(23)15-21(25)22-13-11-17-7-3-2-4-8-17/h5-7,9-10,20H,2-4,8,11-15H2,1H3,(H,22,25). The molecule has 0 saturated carbocycles. The highest BCUT2D eigenvalue weighted by Gasteiger charge is 2.30. The molecule has 2 aliphatic rings. The van der Waals surface area contributed by atoms with Crippen LogP contribution in [0.5, 0.6) is 0 Å². The summed E-state index contributed by atoms with van der Waals surface area (Å²) in [6, 6.07) is 8.03. The van der Waals surface area contributed by atoms with Crippen molar-refractivity contribution in [1.29, 1.82) is 0 Å². The fraction of sp³-hybridized carbons (Fsp3) is 0.524. The molecule has 1 N–H and O–H groups in total. The summed E-state index contributed by atoms with van der Waals surface area (Å²) in [4.78, 5) is 26.3. The number of rotatable bonds is 5. The van der Waals surface area contributed by atoms with E-state index in [0.717, 1.165) is 18.4 Å². The van der Waals surface area contributed by atoms with Gasteiger partial charge in [0.05, 0.1) is 12.5 Å². The lowest BCUT2D eigenvalue weighted by Crippen LogP contribution is -2.41. The molecule has 1 aliphatic carbocycles. The second-order valence-corrected chi connectivity index (χ2v) is 7.09. The minimum Gasteiger partial charge on any atom is -0.356 e. The van der Waals surface area contributed by atoms with Crippen molar-refractivity contribution in [3.05, 3.63) is 47.0 Å². The fourth-order valence-corrected chi connectivity index (χ4v) is 3.99. The summed E-state index contributed by atoms with van der Waals surface area (Å²) >= 11 is 0. The van der Waals surface area contributed by atoms with Gasteiger partial charge in [-0.1, -0.05) is 35.9 Å². The van der Waals surface area contributed by atoms with E-state index in [1.807, 2.05) is 17.0 Å². The minimum atomic E-state index is -0.142. The molecule has 0 radical (unpaired) electrons. The van der Waals surface area contributed by atoms with Crippen molar-refractivity contribution in [2.24, 2.45) is 0 Å². The number of amides is 2. The van der Waals surface area contributed by atoms with Gasteiger partial charge in [0, 0.05) is 20.0 Å². The van der Waals surface area contributed by atoms with Crippen molar-refractivity contribution in [3.8, 4) is 0 Å². The molecule has 3 rings (SSSR count). The van der Waals surface area contributed by atoms with E-state index in [0.29, 0.717) is 19.5 Å². The third kappa shape index (κ3) is 4.50. The number of nitrogens with zero attached hydrogens (tertiary/aromatic N) is 1. The van der Waals surface area contributed by atoms with Crippen LogP contribution in [0.25, 0.3) is 0 Å². The third-order valence-corrected chi connectivity index (χ3v) is 5.35. The Bertz CT molecular complexity index is 666. The number of hydrogen-bond donors (Lipinski definition) is 1. The monoisotopic (exact) mass is 340 g/mol. The van der Waals surface area contributed by atoms with Gasteiger partial charge >= 0.3 is 0 Å². The van der Waals surface area contributed by atoms with Gasteiger partial charge in [0.25, 0.3) is 0 Å². The summed E-state index contributed by atoms with van der Waals surface area (Å²) in [6.45, 7) is 2.98. The summed E-state index contributed by atoms with van der Waals surface area (Å²) in [7, 11) is 0. The Kier molecular flexibility index (Phi) is 5.90. The van der Waals surface area contributed by atoms with Gasteiger partial charge < -0.3 is 10.2 Å². The fourth-order valence-electron chi connectivity index (χ4n) is 3.99. The molecule has 1 unspecified atom stereocenters. The van der Waals surface area contributed by atoms with Crippen LogP contribution < -0.4 is 5.32 Å². The van der Waals surface area contributed by atoms with Crippen LogP contribution in [-0.4, -0.2) is 29.8 Å². The van der Waals surface area contributed by atoms with Crippen molar-refractivity contribution >= 4 is 11.8 Å². The van der Waals surface area contributed by atoms with Crippen molar-refractivity contribution in [2.45, 2.75) is 57.9 Å². The average Bonchev–Trinajstić information content (AvgIpc) is 2.62. The van der Waals surface area contributed by atoms with Crippen molar-refractivity contribution in [1.82, 2.24) is 10.2 Å². The molecule has 0 spiro atoms. The topological polar surface area (TPSA) is 49.4 Å². The van der Waals surface area contributed by atoms with E-state index in [4.69, 9.17) is 0 Å². The lowest BCUT2D eigenvalue weighted by atomic mass is 9.90. The molecule has 1 aliphatic heterocycles. The summed E-state index contributed by atoms with van der Waals surface area (Å²) < 4.78 is 0. The molecule has 2 amide bonds. The first-order valence-corrected chi connectivity index (χ1v) is 9.45. The number of benzene rings is 1. The maximum absolute atomic E-state index is 12.5. The smallest absolute Gasteiger partial charge is 0.222 e. The Hall–Kier alpha value is -2.10. The second-order valence-electron chi connectivity index (χ2n) is 7.09. The Morgan fingerprint density at radius 2 is 2.04 bits per heavy atom. The van der Waals surface area contributed by atoms with E-state index in [1.165, 1.54) is 36.8 Å². The number of allylic oxidation sites excluding steroid dienone is 1. The second kappa shape index (κ2) is 8.32. The quantitative estimate of drug-likeness (QED) is 0.834. The molecule has 1 aromatic rings. The molecule has 134 valence electrons. The maximum atomic E-state index is 12.5. The molecule has 0 bridgehead atoms. The first-order valence-electron chi connectivity index (χ1n) is 9.45. The zero-order valence-corrected chi connectivity index (χ0v) is 15.1. The summed E-state index contributed by atoms with van der Waals surface area (Å²) in [5, 5.41) is 3.05. The first-order chi connectivity index (χ1) is 12.1. The molecule has 4 nitrogen and oxygen atoms in total. The molecule has 4 heteroatoms. The molecule has 0 saturated heterocycles. The van der Waals surface area contributed by atoms with Gasteiger partial charge in [-0.25, -0.2) is 0 Å². The first kappa shape index (κ1) is 17.7. The van der Waals surface area contributed by atoms with E-state index >= 15 is 0 Å². The van der Waals surface area contributed by atoms with Crippen LogP contribution in [0.15, 0.2) is 35.9 Å². The molecular formula is C21H28N2O2. The molecule has 0 aromatic heterocycles. The Balaban J connectivity index is 1.60. The molecule has 1 heterocycles. The zero-order valence-electron chi connectivity index (χ0n) is 15.1. The third-order valence-electron chi connectivity index (χ3n) is 5.35. The van der Waals surface area contributed by atoms with Crippen LogP contribution in [0.1, 0.15) is 62.6 Å². The van der Waals surface area contributed by atoms with E-state index in [2.05, 4.69) is 23.5 Å². The van der Waals surface area contributed by atoms with Gasteiger partial charge in [-0.15, -0.1) is 0 Å². The highest BCUT2D eigenvalue weighted by atomic mass is 16.2. The van der Waals surface area contributed by atoms with Crippen molar-refractivity contribution in [2.75, 3.05) is 13.1 Å². The number of hydrogen-bond acceptors (Lipinski definition) is 2. The van der Waals surface area contributed by atoms with E-state index in [-0.39, 0.29) is 17.9 Å². The zero-order chi connectivity index (χ0) is 17.6. The van der Waals surface area contributed by atoms with Crippen LogP contribution in [0.4, 0.5) is 0 Å². The maximum Gasteiger partial charge on any atom is 0.222 e. The normalized spacial score (nSPS) is 19.8. The van der Waals surface area contributed by atoms with Gasteiger partial charge in [0.1, 0.15) is 0 Å². The van der Waals surface area contributed by atoms with Crippen LogP contribution in [0, 0.1) is 0 Å². The van der Waals surface area contributed by atoms with E-state index in [1.54, 1.807) is 6.92 Å². The van der Waals surface area contributed by atoms with Gasteiger partial charge in [0.15, 0.2) is 0 Å². The summed E-state index contributed by atoms with van der Waals surface area (Å²) in [5.41, 5.74) is 3.85. The predicted molar refractivity (Wildman–Crippen MR) is 99.1 cm³/mol. The minimum absolute atomic E-state index is 0.0318. The lowest BCUT2D eigenvalue weighted by Gasteiger charge is -2.36. The predicted octanol–water partition coefficient (Wildman–Crippen LogP) is 3.53. The van der Waals surface area contributed by atoms with Gasteiger partial charge in [0.2, 0.25) is 11.8 Å². The SMILES string of the molecule is CC(=O)N1CCc2ccccc2C1CC(=O)NCCC1=CCCCC1. The van der Waals surface area contributed by atoms with E-state index < -0.39 is 0 Å². The van der Waals surface area contributed by atoms with Gasteiger partial charge in [-0.05, 0) is 49.7 Å². The summed E-state index contributed by atoms with van der Waals surface area (Å²) in [5.74, 6) is 0.0732. The highest BCUT2D eigenvalue weighted by Crippen LogP contribution is 2.32. The molecule has 25 heavy (non-hydrogen) atoms. The largest absolute Gasteiger partial charge is 0.356 e. The number of carbonyl (C=O) groups excluding carboxylic acids is 2. The Labute approximate surface area is 150 Å². The Morgan fingerprint density at radius 1 is 1.20 bits per heavy atom. The highest BCUT2D eigenvalue weighted by molar-refractivity contribution is 5.79. The van der Waals surface area contributed by atoms with Gasteiger partial charge in [-0.3, -0.25) is 9.59 Å². The molecule has 1 atom stereocenters. The Morgan fingerprint density at radius 3 is 2.80 bits per heavy atom. The number of fused-ring (bicyclic) bond motifs is 1. The van der Waals surface area contributed by atoms with Crippen LogP contribution in [-0.2, 0) is 16.0 Å². The van der Waals surface area contributed by atoms with Crippen molar-refractivity contribution < 1.29 is 9.59 Å². The summed E-state index contributed by atoms with van der Waals surface area (Å²) in [6.07, 6.45) is 9.38.